The van der Waals surface area contributed by atoms with Crippen molar-refractivity contribution < 1.29 is 18.6 Å². The Morgan fingerprint density at radius 2 is 1.60 bits per heavy atom. The first-order valence-corrected chi connectivity index (χ1v) is 8.94. The van der Waals surface area contributed by atoms with Crippen molar-refractivity contribution in [3.63, 3.8) is 0 Å². The number of halogens is 2. The Kier molecular flexibility index (Phi) is 8.22. The molecular formula is C19H30F2N2O2. The van der Waals surface area contributed by atoms with Crippen molar-refractivity contribution >= 4 is 0 Å². The molecule has 142 valence electrons. The fourth-order valence-electron chi connectivity index (χ4n) is 3.04. The van der Waals surface area contributed by atoms with E-state index in [9.17, 15) is 8.78 Å². The molecule has 0 bridgehead atoms. The van der Waals surface area contributed by atoms with E-state index in [1.165, 1.54) is 0 Å². The van der Waals surface area contributed by atoms with Crippen LogP contribution in [0.5, 0.6) is 0 Å². The molecule has 0 radical (unpaired) electrons. The van der Waals surface area contributed by atoms with E-state index in [4.69, 9.17) is 9.84 Å². The average Bonchev–Trinajstić information content (AvgIpc) is 2.59. The van der Waals surface area contributed by atoms with E-state index in [1.54, 1.807) is 0 Å². The third kappa shape index (κ3) is 6.98. The molecule has 25 heavy (non-hydrogen) atoms. The summed E-state index contributed by atoms with van der Waals surface area (Å²) in [4.78, 5) is 3.89. The molecule has 2 fully saturated rings. The van der Waals surface area contributed by atoms with Crippen LogP contribution in [0.2, 0.25) is 0 Å². The van der Waals surface area contributed by atoms with Gasteiger partial charge in [0, 0.05) is 26.2 Å². The van der Waals surface area contributed by atoms with E-state index in [1.807, 2.05) is 54.2 Å². The Hall–Kier alpha value is -1.08. The SMILES string of the molecule is CN1CCC(O)C(F)C1.CN1CCC(OCc2ccccc2)C(F)C1. The molecule has 0 aromatic heterocycles. The molecule has 4 atom stereocenters. The van der Waals surface area contributed by atoms with E-state index >= 15 is 0 Å². The van der Waals surface area contributed by atoms with Gasteiger partial charge in [-0.25, -0.2) is 8.78 Å². The van der Waals surface area contributed by atoms with Gasteiger partial charge in [-0.3, -0.25) is 0 Å². The quantitative estimate of drug-likeness (QED) is 0.901. The molecule has 1 N–H and O–H groups in total. The fraction of sp³-hybridized carbons (Fsp3) is 0.684. The van der Waals surface area contributed by atoms with E-state index in [0.29, 0.717) is 26.1 Å². The number of hydrogen-bond donors (Lipinski definition) is 1. The van der Waals surface area contributed by atoms with Gasteiger partial charge in [-0.05, 0) is 32.5 Å². The van der Waals surface area contributed by atoms with Gasteiger partial charge in [0.05, 0.1) is 18.8 Å². The van der Waals surface area contributed by atoms with E-state index in [2.05, 4.69) is 0 Å². The van der Waals surface area contributed by atoms with Crippen LogP contribution in [-0.4, -0.2) is 79.7 Å². The zero-order chi connectivity index (χ0) is 18.2. The van der Waals surface area contributed by atoms with Crippen LogP contribution in [-0.2, 0) is 11.3 Å². The van der Waals surface area contributed by atoms with Crippen molar-refractivity contribution in [3.05, 3.63) is 35.9 Å². The third-order valence-corrected chi connectivity index (χ3v) is 4.70. The highest BCUT2D eigenvalue weighted by Crippen LogP contribution is 2.17. The average molecular weight is 356 g/mol. The molecule has 1 aromatic rings. The van der Waals surface area contributed by atoms with Gasteiger partial charge in [0.1, 0.15) is 12.3 Å². The number of aliphatic hydroxyl groups excluding tert-OH is 1. The summed E-state index contributed by atoms with van der Waals surface area (Å²) in [6, 6.07) is 9.92. The maximum atomic E-state index is 13.6. The summed E-state index contributed by atoms with van der Waals surface area (Å²) in [5, 5.41) is 8.89. The molecule has 0 spiro atoms. The van der Waals surface area contributed by atoms with Crippen LogP contribution in [0.1, 0.15) is 18.4 Å². The van der Waals surface area contributed by atoms with Crippen molar-refractivity contribution in [2.45, 2.75) is 44.0 Å². The number of alkyl halides is 2. The van der Waals surface area contributed by atoms with Gasteiger partial charge in [0.15, 0.2) is 0 Å². The van der Waals surface area contributed by atoms with Crippen LogP contribution in [0.25, 0.3) is 0 Å². The van der Waals surface area contributed by atoms with Crippen LogP contribution < -0.4 is 0 Å². The minimum Gasteiger partial charge on any atom is -0.390 e. The first-order chi connectivity index (χ1) is 12.0. The summed E-state index contributed by atoms with van der Waals surface area (Å²) in [5.74, 6) is 0. The van der Waals surface area contributed by atoms with Crippen LogP contribution >= 0.6 is 0 Å². The molecule has 0 amide bonds. The topological polar surface area (TPSA) is 35.9 Å². The Morgan fingerprint density at radius 1 is 1.00 bits per heavy atom. The van der Waals surface area contributed by atoms with Gasteiger partial charge in [0.2, 0.25) is 0 Å². The Labute approximate surface area is 149 Å². The van der Waals surface area contributed by atoms with Gasteiger partial charge >= 0.3 is 0 Å². The minimum atomic E-state index is -1.04. The second-order valence-corrected chi connectivity index (χ2v) is 7.04. The lowest BCUT2D eigenvalue weighted by Crippen LogP contribution is -2.43. The molecule has 6 heteroatoms. The maximum Gasteiger partial charge on any atom is 0.139 e. The highest BCUT2D eigenvalue weighted by molar-refractivity contribution is 5.13. The molecule has 2 saturated heterocycles. The van der Waals surface area contributed by atoms with E-state index < -0.39 is 18.4 Å². The number of ether oxygens (including phenoxy) is 1. The monoisotopic (exact) mass is 356 g/mol. The van der Waals surface area contributed by atoms with E-state index in [-0.39, 0.29) is 6.10 Å². The van der Waals surface area contributed by atoms with Crippen molar-refractivity contribution in [3.8, 4) is 0 Å². The molecule has 0 aliphatic carbocycles. The number of hydrogen-bond acceptors (Lipinski definition) is 4. The lowest BCUT2D eigenvalue weighted by atomic mass is 10.1. The first kappa shape index (κ1) is 20.2. The molecule has 4 nitrogen and oxygen atoms in total. The van der Waals surface area contributed by atoms with Crippen LogP contribution in [0, 0.1) is 0 Å². The molecule has 2 aliphatic rings. The summed E-state index contributed by atoms with van der Waals surface area (Å²) in [7, 11) is 3.80. The highest BCUT2D eigenvalue weighted by Gasteiger charge is 2.28. The van der Waals surface area contributed by atoms with Gasteiger partial charge in [-0.1, -0.05) is 30.3 Å². The summed E-state index contributed by atoms with van der Waals surface area (Å²) in [6.45, 7) is 3.09. The standard InChI is InChI=1S/C13H18FNO.C6H12FNO/c1-15-8-7-13(12(14)9-15)16-10-11-5-3-2-4-6-11;1-8-3-2-6(9)5(7)4-8/h2-6,12-13H,7-10H2,1H3;5-6,9H,2-4H2,1H3. The smallest absolute Gasteiger partial charge is 0.139 e. The number of benzene rings is 1. The molecule has 1 aromatic carbocycles. The zero-order valence-electron chi connectivity index (χ0n) is 15.2. The normalized spacial score (nSPS) is 31.2. The van der Waals surface area contributed by atoms with Gasteiger partial charge < -0.3 is 19.6 Å². The molecule has 2 aliphatic heterocycles. The number of rotatable bonds is 3. The molecule has 3 rings (SSSR count). The van der Waals surface area contributed by atoms with Gasteiger partial charge in [0.25, 0.3) is 0 Å². The number of aliphatic hydroxyl groups is 1. The number of piperidine rings is 2. The van der Waals surface area contributed by atoms with Crippen molar-refractivity contribution in [1.29, 1.82) is 0 Å². The van der Waals surface area contributed by atoms with Gasteiger partial charge in [-0.15, -0.1) is 0 Å². The molecular weight excluding hydrogens is 326 g/mol. The summed E-state index contributed by atoms with van der Waals surface area (Å²) < 4.78 is 31.8. The largest absolute Gasteiger partial charge is 0.390 e. The predicted octanol–water partition coefficient (Wildman–Crippen LogP) is 2.27. The second-order valence-electron chi connectivity index (χ2n) is 7.04. The molecule has 0 saturated carbocycles. The Balaban J connectivity index is 0.000000212. The lowest BCUT2D eigenvalue weighted by Gasteiger charge is -2.32. The molecule has 2 heterocycles. The van der Waals surface area contributed by atoms with Crippen molar-refractivity contribution in [2.75, 3.05) is 40.3 Å². The highest BCUT2D eigenvalue weighted by atomic mass is 19.1. The second kappa shape index (κ2) is 10.2. The molecule has 4 unspecified atom stereocenters. The summed E-state index contributed by atoms with van der Waals surface area (Å²) >= 11 is 0. The number of nitrogens with zero attached hydrogens (tertiary/aromatic N) is 2. The van der Waals surface area contributed by atoms with Crippen LogP contribution in [0.15, 0.2) is 30.3 Å². The predicted molar refractivity (Wildman–Crippen MR) is 95.0 cm³/mol. The zero-order valence-corrected chi connectivity index (χ0v) is 15.2. The van der Waals surface area contributed by atoms with E-state index in [0.717, 1.165) is 25.1 Å². The van der Waals surface area contributed by atoms with Crippen LogP contribution in [0.3, 0.4) is 0 Å². The maximum absolute atomic E-state index is 13.6. The fourth-order valence-corrected chi connectivity index (χ4v) is 3.04. The first-order valence-electron chi connectivity index (χ1n) is 8.94. The van der Waals surface area contributed by atoms with Gasteiger partial charge in [-0.2, -0.15) is 0 Å². The third-order valence-electron chi connectivity index (χ3n) is 4.70. The summed E-state index contributed by atoms with van der Waals surface area (Å²) in [6.07, 6.45) is -1.51. The Morgan fingerprint density at radius 3 is 2.16 bits per heavy atom. The van der Waals surface area contributed by atoms with Crippen molar-refractivity contribution in [2.24, 2.45) is 0 Å². The Bertz CT molecular complexity index is 492. The lowest BCUT2D eigenvalue weighted by molar-refractivity contribution is -0.0492. The minimum absolute atomic E-state index is 0.239. The van der Waals surface area contributed by atoms with Crippen molar-refractivity contribution in [1.82, 2.24) is 9.80 Å². The van der Waals surface area contributed by atoms with Crippen LogP contribution in [0.4, 0.5) is 8.78 Å². The summed E-state index contributed by atoms with van der Waals surface area (Å²) in [5.41, 5.74) is 1.11. The number of likely N-dealkylation sites (tertiary alicyclic amines) is 2.